The zero-order valence-corrected chi connectivity index (χ0v) is 16.6. The third-order valence-electron chi connectivity index (χ3n) is 4.64. The molecule has 1 aliphatic heterocycles. The Bertz CT molecular complexity index is 882. The van der Waals surface area contributed by atoms with Crippen molar-refractivity contribution >= 4 is 24.4 Å². The van der Waals surface area contributed by atoms with E-state index in [0.717, 1.165) is 6.07 Å². The second kappa shape index (κ2) is 10.2. The van der Waals surface area contributed by atoms with Crippen LogP contribution in [-0.4, -0.2) is 43.6 Å². The van der Waals surface area contributed by atoms with Crippen LogP contribution in [0.5, 0.6) is 0 Å². The molecule has 29 heavy (non-hydrogen) atoms. The SMILES string of the molecule is COC(=O)c1ccc(CNC(=O)N2CCNCC2c2cccc(F)c2)c(F)c1.Cl. The Morgan fingerprint density at radius 2 is 2.03 bits per heavy atom. The van der Waals surface area contributed by atoms with Gasteiger partial charge in [0.15, 0.2) is 0 Å². The summed E-state index contributed by atoms with van der Waals surface area (Å²) in [5, 5.41) is 5.89. The summed E-state index contributed by atoms with van der Waals surface area (Å²) in [5.74, 6) is -1.60. The Kier molecular flexibility index (Phi) is 7.92. The van der Waals surface area contributed by atoms with Gasteiger partial charge < -0.3 is 20.3 Å². The molecule has 3 rings (SSSR count). The number of hydrogen-bond donors (Lipinski definition) is 2. The molecule has 6 nitrogen and oxygen atoms in total. The number of halogens is 3. The first-order valence-electron chi connectivity index (χ1n) is 8.87. The molecule has 0 bridgehead atoms. The third kappa shape index (κ3) is 5.42. The van der Waals surface area contributed by atoms with Crippen molar-refractivity contribution < 1.29 is 23.1 Å². The number of nitrogens with zero attached hydrogens (tertiary/aromatic N) is 1. The average molecular weight is 426 g/mol. The van der Waals surface area contributed by atoms with Crippen molar-refractivity contribution in [3.63, 3.8) is 0 Å². The first-order chi connectivity index (χ1) is 13.5. The van der Waals surface area contributed by atoms with E-state index in [2.05, 4.69) is 15.4 Å². The van der Waals surface area contributed by atoms with Gasteiger partial charge in [-0.3, -0.25) is 0 Å². The minimum atomic E-state index is -0.631. The molecule has 0 saturated carbocycles. The molecule has 1 saturated heterocycles. The number of urea groups is 1. The number of rotatable bonds is 4. The molecule has 156 valence electrons. The maximum Gasteiger partial charge on any atom is 0.337 e. The summed E-state index contributed by atoms with van der Waals surface area (Å²) >= 11 is 0. The van der Waals surface area contributed by atoms with Gasteiger partial charge >= 0.3 is 12.0 Å². The van der Waals surface area contributed by atoms with Gasteiger partial charge in [0.2, 0.25) is 0 Å². The van der Waals surface area contributed by atoms with Crippen molar-refractivity contribution in [3.05, 3.63) is 70.8 Å². The van der Waals surface area contributed by atoms with Crippen LogP contribution in [0.1, 0.15) is 27.5 Å². The van der Waals surface area contributed by atoms with Gasteiger partial charge in [0.1, 0.15) is 11.6 Å². The number of benzene rings is 2. The lowest BCUT2D eigenvalue weighted by molar-refractivity contribution is 0.0600. The van der Waals surface area contributed by atoms with Crippen LogP contribution in [0.4, 0.5) is 13.6 Å². The lowest BCUT2D eigenvalue weighted by Gasteiger charge is -2.36. The smallest absolute Gasteiger partial charge is 0.337 e. The van der Waals surface area contributed by atoms with Crippen molar-refractivity contribution in [1.82, 2.24) is 15.5 Å². The van der Waals surface area contributed by atoms with Gasteiger partial charge in [-0.25, -0.2) is 18.4 Å². The van der Waals surface area contributed by atoms with Crippen LogP contribution in [0.25, 0.3) is 0 Å². The number of esters is 1. The Balaban J connectivity index is 0.00000300. The quantitative estimate of drug-likeness (QED) is 0.739. The molecule has 0 radical (unpaired) electrons. The molecule has 1 heterocycles. The van der Waals surface area contributed by atoms with E-state index in [1.54, 1.807) is 17.0 Å². The van der Waals surface area contributed by atoms with Crippen LogP contribution in [0.3, 0.4) is 0 Å². The fourth-order valence-electron chi connectivity index (χ4n) is 3.17. The maximum absolute atomic E-state index is 14.2. The summed E-state index contributed by atoms with van der Waals surface area (Å²) in [7, 11) is 1.22. The molecule has 1 aliphatic rings. The van der Waals surface area contributed by atoms with Crippen molar-refractivity contribution in [2.24, 2.45) is 0 Å². The van der Waals surface area contributed by atoms with Gasteiger partial charge in [0, 0.05) is 31.7 Å². The largest absolute Gasteiger partial charge is 0.465 e. The van der Waals surface area contributed by atoms with Gasteiger partial charge in [0.25, 0.3) is 0 Å². The van der Waals surface area contributed by atoms with Crippen molar-refractivity contribution in [3.8, 4) is 0 Å². The van der Waals surface area contributed by atoms with Crippen molar-refractivity contribution in [1.29, 1.82) is 0 Å². The maximum atomic E-state index is 14.2. The highest BCUT2D eigenvalue weighted by Gasteiger charge is 2.28. The molecule has 1 fully saturated rings. The van der Waals surface area contributed by atoms with Crippen LogP contribution in [0.15, 0.2) is 42.5 Å². The molecular weight excluding hydrogens is 404 g/mol. The summed E-state index contributed by atoms with van der Waals surface area (Å²) < 4.78 is 32.3. The normalized spacial score (nSPS) is 16.0. The first kappa shape index (κ1) is 22.6. The van der Waals surface area contributed by atoms with Crippen LogP contribution in [0, 0.1) is 11.6 Å². The molecule has 2 amide bonds. The molecule has 0 aromatic heterocycles. The third-order valence-corrected chi connectivity index (χ3v) is 4.64. The Hall–Kier alpha value is -2.71. The molecule has 2 N–H and O–H groups in total. The lowest BCUT2D eigenvalue weighted by Crippen LogP contribution is -2.51. The molecule has 1 atom stereocenters. The number of nitrogens with one attached hydrogen (secondary N) is 2. The number of piperazine rings is 1. The highest BCUT2D eigenvalue weighted by molar-refractivity contribution is 5.89. The highest BCUT2D eigenvalue weighted by Crippen LogP contribution is 2.23. The van der Waals surface area contributed by atoms with Gasteiger partial charge in [-0.15, -0.1) is 12.4 Å². The lowest BCUT2D eigenvalue weighted by atomic mass is 10.0. The van der Waals surface area contributed by atoms with E-state index >= 15 is 0 Å². The number of hydrogen-bond acceptors (Lipinski definition) is 4. The number of amides is 2. The minimum Gasteiger partial charge on any atom is -0.465 e. The fraction of sp³-hybridized carbons (Fsp3) is 0.300. The van der Waals surface area contributed by atoms with Gasteiger partial charge in [-0.1, -0.05) is 18.2 Å². The number of ether oxygens (including phenoxy) is 1. The number of carbonyl (C=O) groups excluding carboxylic acids is 2. The monoisotopic (exact) mass is 425 g/mol. The second-order valence-corrected chi connectivity index (χ2v) is 6.42. The Morgan fingerprint density at radius 3 is 2.72 bits per heavy atom. The summed E-state index contributed by atoms with van der Waals surface area (Å²) in [6, 6.07) is 9.39. The van der Waals surface area contributed by atoms with E-state index in [-0.39, 0.29) is 48.0 Å². The van der Waals surface area contributed by atoms with Gasteiger partial charge in [-0.2, -0.15) is 0 Å². The number of carbonyl (C=O) groups is 2. The predicted octanol–water partition coefficient (Wildman–Crippen LogP) is 3.03. The second-order valence-electron chi connectivity index (χ2n) is 6.42. The van der Waals surface area contributed by atoms with Crippen LogP contribution in [0.2, 0.25) is 0 Å². The fourth-order valence-corrected chi connectivity index (χ4v) is 3.17. The van der Waals surface area contributed by atoms with Crippen LogP contribution in [-0.2, 0) is 11.3 Å². The molecule has 0 aliphatic carbocycles. The summed E-state index contributed by atoms with van der Waals surface area (Å²) in [4.78, 5) is 25.7. The van der Waals surface area contributed by atoms with Gasteiger partial charge in [-0.05, 0) is 29.8 Å². The summed E-state index contributed by atoms with van der Waals surface area (Å²) in [6.45, 7) is 1.52. The van der Waals surface area contributed by atoms with E-state index in [9.17, 15) is 18.4 Å². The van der Waals surface area contributed by atoms with E-state index in [0.29, 0.717) is 25.2 Å². The first-order valence-corrected chi connectivity index (χ1v) is 8.87. The predicted molar refractivity (Wildman–Crippen MR) is 106 cm³/mol. The molecule has 1 unspecified atom stereocenters. The highest BCUT2D eigenvalue weighted by atomic mass is 35.5. The Labute approximate surface area is 173 Å². The van der Waals surface area contributed by atoms with E-state index < -0.39 is 11.8 Å². The summed E-state index contributed by atoms with van der Waals surface area (Å²) in [6.07, 6.45) is 0. The van der Waals surface area contributed by atoms with Crippen molar-refractivity contribution in [2.45, 2.75) is 12.6 Å². The topological polar surface area (TPSA) is 70.7 Å². The summed E-state index contributed by atoms with van der Waals surface area (Å²) in [5.41, 5.74) is 1.04. The Morgan fingerprint density at radius 1 is 1.24 bits per heavy atom. The molecule has 2 aromatic carbocycles. The van der Waals surface area contributed by atoms with E-state index in [4.69, 9.17) is 0 Å². The van der Waals surface area contributed by atoms with E-state index in [1.165, 1.54) is 31.4 Å². The van der Waals surface area contributed by atoms with Gasteiger partial charge in [0.05, 0.1) is 18.7 Å². The van der Waals surface area contributed by atoms with E-state index in [1.807, 2.05) is 0 Å². The molecule has 0 spiro atoms. The zero-order chi connectivity index (χ0) is 20.1. The number of methoxy groups -OCH3 is 1. The minimum absolute atomic E-state index is 0. The molecular formula is C20H22ClF2N3O3. The molecule has 9 heteroatoms. The standard InChI is InChI=1S/C20H21F2N3O3.ClH/c1-28-19(26)14-5-6-15(17(22)10-14)11-24-20(27)25-8-7-23-12-18(25)13-3-2-4-16(21)9-13;/h2-6,9-10,18,23H,7-8,11-12H2,1H3,(H,24,27);1H. The average Bonchev–Trinajstić information content (AvgIpc) is 2.72. The van der Waals surface area contributed by atoms with Crippen LogP contribution < -0.4 is 10.6 Å². The molecule has 2 aromatic rings. The van der Waals surface area contributed by atoms with Crippen LogP contribution >= 0.6 is 12.4 Å². The zero-order valence-electron chi connectivity index (χ0n) is 15.8. The van der Waals surface area contributed by atoms with Crippen molar-refractivity contribution in [2.75, 3.05) is 26.7 Å².